The molecule has 1 aromatic heterocycles. The zero-order valence-corrected chi connectivity index (χ0v) is 15.6. The highest BCUT2D eigenvalue weighted by molar-refractivity contribution is 5.78. The van der Waals surface area contributed by atoms with E-state index in [0.717, 1.165) is 16.8 Å². The van der Waals surface area contributed by atoms with Crippen LogP contribution in [0.5, 0.6) is 11.5 Å². The summed E-state index contributed by atoms with van der Waals surface area (Å²) in [6.07, 6.45) is 0.138. The van der Waals surface area contributed by atoms with E-state index in [4.69, 9.17) is 13.9 Å². The van der Waals surface area contributed by atoms with Gasteiger partial charge < -0.3 is 19.2 Å². The zero-order valence-electron chi connectivity index (χ0n) is 15.6. The zero-order chi connectivity index (χ0) is 19.2. The molecule has 0 bridgehead atoms. The van der Waals surface area contributed by atoms with Gasteiger partial charge in [-0.1, -0.05) is 24.3 Å². The Morgan fingerprint density at radius 2 is 1.81 bits per heavy atom. The summed E-state index contributed by atoms with van der Waals surface area (Å²) in [5, 5.41) is 2.89. The average Bonchev–Trinajstić information content (AvgIpc) is 3.07. The summed E-state index contributed by atoms with van der Waals surface area (Å²) in [7, 11) is 3.17. The molecule has 1 N–H and O–H groups in total. The van der Waals surface area contributed by atoms with Crippen LogP contribution in [0.3, 0.4) is 0 Å². The van der Waals surface area contributed by atoms with Crippen LogP contribution in [0.4, 0.5) is 0 Å². The first-order valence-electron chi connectivity index (χ1n) is 8.60. The van der Waals surface area contributed by atoms with Gasteiger partial charge in [0.05, 0.1) is 26.3 Å². The molecule has 0 spiro atoms. The third-order valence-corrected chi connectivity index (χ3v) is 4.17. The van der Waals surface area contributed by atoms with Crippen molar-refractivity contribution in [2.45, 2.75) is 19.9 Å². The van der Waals surface area contributed by atoms with Crippen molar-refractivity contribution < 1.29 is 18.7 Å². The highest BCUT2D eigenvalue weighted by Gasteiger charge is 2.15. The minimum Gasteiger partial charge on any atom is -0.493 e. The molecule has 0 saturated carbocycles. The summed E-state index contributed by atoms with van der Waals surface area (Å²) in [6, 6.07) is 15.2. The van der Waals surface area contributed by atoms with E-state index in [1.54, 1.807) is 14.2 Å². The highest BCUT2D eigenvalue weighted by Crippen LogP contribution is 2.27. The Balaban J connectivity index is 1.62. The number of carbonyl (C=O) groups is 1. The first-order valence-corrected chi connectivity index (χ1v) is 8.60. The van der Waals surface area contributed by atoms with Gasteiger partial charge >= 0.3 is 0 Å². The number of amides is 1. The standard InChI is InChI=1S/C21H22N2O4/c1-14-18(27-21(23-14)16-7-5-4-6-8-16)12-20(24)22-13-15-9-10-17(25-2)19(11-15)26-3/h4-11H,12-13H2,1-3H3,(H,22,24). The molecule has 1 amide bonds. The maximum Gasteiger partial charge on any atom is 0.227 e. The van der Waals surface area contributed by atoms with Crippen LogP contribution in [-0.2, 0) is 17.8 Å². The Bertz CT molecular complexity index is 919. The van der Waals surface area contributed by atoms with Gasteiger partial charge in [-0.25, -0.2) is 4.98 Å². The van der Waals surface area contributed by atoms with Gasteiger partial charge in [0.1, 0.15) is 5.76 Å². The lowest BCUT2D eigenvalue weighted by atomic mass is 10.2. The molecule has 0 aliphatic rings. The predicted octanol–water partition coefficient (Wildman–Crippen LogP) is 3.53. The van der Waals surface area contributed by atoms with Crippen LogP contribution in [0.2, 0.25) is 0 Å². The van der Waals surface area contributed by atoms with Crippen LogP contribution in [0.1, 0.15) is 17.0 Å². The second-order valence-corrected chi connectivity index (χ2v) is 6.04. The van der Waals surface area contributed by atoms with Gasteiger partial charge in [-0.3, -0.25) is 4.79 Å². The van der Waals surface area contributed by atoms with E-state index >= 15 is 0 Å². The monoisotopic (exact) mass is 366 g/mol. The normalized spacial score (nSPS) is 10.5. The number of benzene rings is 2. The smallest absolute Gasteiger partial charge is 0.227 e. The number of hydrogen-bond acceptors (Lipinski definition) is 5. The van der Waals surface area contributed by atoms with Gasteiger partial charge in [0, 0.05) is 12.1 Å². The molecule has 1 heterocycles. The molecule has 0 aliphatic heterocycles. The van der Waals surface area contributed by atoms with E-state index in [0.29, 0.717) is 29.7 Å². The van der Waals surface area contributed by atoms with Crippen LogP contribution in [0.15, 0.2) is 52.9 Å². The molecular weight excluding hydrogens is 344 g/mol. The number of methoxy groups -OCH3 is 2. The van der Waals surface area contributed by atoms with Crippen LogP contribution in [0.25, 0.3) is 11.5 Å². The number of oxazole rings is 1. The summed E-state index contributed by atoms with van der Waals surface area (Å²) in [4.78, 5) is 16.7. The Morgan fingerprint density at radius 3 is 2.52 bits per heavy atom. The molecule has 0 radical (unpaired) electrons. The lowest BCUT2D eigenvalue weighted by molar-refractivity contribution is -0.120. The van der Waals surface area contributed by atoms with E-state index in [-0.39, 0.29) is 12.3 Å². The Morgan fingerprint density at radius 1 is 1.07 bits per heavy atom. The fourth-order valence-electron chi connectivity index (χ4n) is 2.70. The minimum atomic E-state index is -0.136. The van der Waals surface area contributed by atoms with Gasteiger partial charge in [-0.2, -0.15) is 0 Å². The van der Waals surface area contributed by atoms with E-state index in [9.17, 15) is 4.79 Å². The molecule has 3 rings (SSSR count). The fourth-order valence-corrected chi connectivity index (χ4v) is 2.70. The Labute approximate surface area is 158 Å². The third-order valence-electron chi connectivity index (χ3n) is 4.17. The largest absolute Gasteiger partial charge is 0.493 e. The number of nitrogens with zero attached hydrogens (tertiary/aromatic N) is 1. The van der Waals surface area contributed by atoms with Crippen molar-refractivity contribution in [2.24, 2.45) is 0 Å². The number of hydrogen-bond donors (Lipinski definition) is 1. The summed E-state index contributed by atoms with van der Waals surface area (Å²) >= 11 is 0. The number of rotatable bonds is 7. The fraction of sp³-hybridized carbons (Fsp3) is 0.238. The molecule has 2 aromatic carbocycles. The second-order valence-electron chi connectivity index (χ2n) is 6.04. The molecule has 0 aliphatic carbocycles. The second kappa shape index (κ2) is 8.40. The van der Waals surface area contributed by atoms with Crippen LogP contribution in [0, 0.1) is 6.92 Å². The summed E-state index contributed by atoms with van der Waals surface area (Å²) in [5.41, 5.74) is 2.52. The van der Waals surface area contributed by atoms with Crippen molar-refractivity contribution in [1.29, 1.82) is 0 Å². The SMILES string of the molecule is COc1ccc(CNC(=O)Cc2oc(-c3ccccc3)nc2C)cc1OC. The lowest BCUT2D eigenvalue weighted by Crippen LogP contribution is -2.24. The molecule has 0 saturated heterocycles. The average molecular weight is 366 g/mol. The number of ether oxygens (including phenoxy) is 2. The van der Waals surface area contributed by atoms with Crippen molar-refractivity contribution in [3.05, 3.63) is 65.5 Å². The molecular formula is C21H22N2O4. The summed E-state index contributed by atoms with van der Waals surface area (Å²) in [6.45, 7) is 2.23. The van der Waals surface area contributed by atoms with Crippen molar-refractivity contribution in [3.8, 4) is 23.0 Å². The first-order chi connectivity index (χ1) is 13.1. The van der Waals surface area contributed by atoms with E-state index in [2.05, 4.69) is 10.3 Å². The molecule has 140 valence electrons. The highest BCUT2D eigenvalue weighted by atomic mass is 16.5. The van der Waals surface area contributed by atoms with E-state index in [1.165, 1.54) is 0 Å². The van der Waals surface area contributed by atoms with Crippen molar-refractivity contribution >= 4 is 5.91 Å². The molecule has 6 heteroatoms. The molecule has 0 atom stereocenters. The Kier molecular flexibility index (Phi) is 5.76. The van der Waals surface area contributed by atoms with E-state index < -0.39 is 0 Å². The topological polar surface area (TPSA) is 73.6 Å². The molecule has 0 unspecified atom stereocenters. The number of aryl methyl sites for hydroxylation is 1. The maximum atomic E-state index is 12.3. The van der Waals surface area contributed by atoms with Gasteiger partial charge in [-0.05, 0) is 36.8 Å². The molecule has 27 heavy (non-hydrogen) atoms. The van der Waals surface area contributed by atoms with E-state index in [1.807, 2.05) is 55.5 Å². The van der Waals surface area contributed by atoms with Gasteiger partial charge in [0.25, 0.3) is 0 Å². The number of aromatic nitrogens is 1. The summed E-state index contributed by atoms with van der Waals surface area (Å²) < 4.78 is 16.3. The van der Waals surface area contributed by atoms with Gasteiger partial charge in [0.15, 0.2) is 11.5 Å². The quantitative estimate of drug-likeness (QED) is 0.692. The summed E-state index contributed by atoms with van der Waals surface area (Å²) in [5.74, 6) is 2.24. The van der Waals surface area contributed by atoms with Crippen LogP contribution >= 0.6 is 0 Å². The van der Waals surface area contributed by atoms with Gasteiger partial charge in [-0.15, -0.1) is 0 Å². The third kappa shape index (κ3) is 4.47. The lowest BCUT2D eigenvalue weighted by Gasteiger charge is -2.10. The maximum absolute atomic E-state index is 12.3. The molecule has 6 nitrogen and oxygen atoms in total. The van der Waals surface area contributed by atoms with Crippen molar-refractivity contribution in [1.82, 2.24) is 10.3 Å². The van der Waals surface area contributed by atoms with Crippen LogP contribution < -0.4 is 14.8 Å². The van der Waals surface area contributed by atoms with Gasteiger partial charge in [0.2, 0.25) is 11.8 Å². The number of nitrogens with one attached hydrogen (secondary N) is 1. The Hall–Kier alpha value is -3.28. The minimum absolute atomic E-state index is 0.136. The van der Waals surface area contributed by atoms with Crippen LogP contribution in [-0.4, -0.2) is 25.1 Å². The molecule has 3 aromatic rings. The van der Waals surface area contributed by atoms with Crippen molar-refractivity contribution in [3.63, 3.8) is 0 Å². The number of carbonyl (C=O) groups excluding carboxylic acids is 1. The predicted molar refractivity (Wildman–Crippen MR) is 102 cm³/mol. The first kappa shape index (κ1) is 18.5. The van der Waals surface area contributed by atoms with Crippen molar-refractivity contribution in [2.75, 3.05) is 14.2 Å². The molecule has 0 fully saturated rings.